The van der Waals surface area contributed by atoms with E-state index >= 15 is 0 Å². The van der Waals surface area contributed by atoms with Crippen LogP contribution in [-0.4, -0.2) is 25.7 Å². The molecular formula is C14H17BrO4. The number of rotatable bonds is 6. The molecular weight excluding hydrogens is 312 g/mol. The summed E-state index contributed by atoms with van der Waals surface area (Å²) in [5, 5.41) is 0.540. The fourth-order valence-electron chi connectivity index (χ4n) is 1.77. The molecule has 0 N–H and O–H groups in total. The van der Waals surface area contributed by atoms with Crippen LogP contribution in [0.5, 0.6) is 0 Å². The standard InChI is InChI=1S/C14H17BrO4/c1-3-19-14(17)11-6-4-5-10(12(11)9-15)7-8-13(16)18-2/h4-6H,3,7-9H2,1-2H3. The fraction of sp³-hybridized carbons (Fsp3) is 0.429. The van der Waals surface area contributed by atoms with Crippen molar-refractivity contribution in [2.24, 2.45) is 0 Å². The van der Waals surface area contributed by atoms with Gasteiger partial charge in [0.1, 0.15) is 0 Å². The molecule has 0 bridgehead atoms. The quantitative estimate of drug-likeness (QED) is 0.595. The van der Waals surface area contributed by atoms with Gasteiger partial charge in [0.2, 0.25) is 0 Å². The Balaban J connectivity index is 2.96. The van der Waals surface area contributed by atoms with Crippen LogP contribution in [0.2, 0.25) is 0 Å². The molecule has 0 fully saturated rings. The number of esters is 2. The zero-order valence-corrected chi connectivity index (χ0v) is 12.7. The van der Waals surface area contributed by atoms with Gasteiger partial charge in [-0.15, -0.1) is 0 Å². The van der Waals surface area contributed by atoms with Crippen LogP contribution in [0, 0.1) is 0 Å². The number of carbonyl (C=O) groups is 2. The highest BCUT2D eigenvalue weighted by Gasteiger charge is 2.15. The third kappa shape index (κ3) is 4.35. The predicted molar refractivity (Wildman–Crippen MR) is 75.4 cm³/mol. The summed E-state index contributed by atoms with van der Waals surface area (Å²) in [5.41, 5.74) is 2.36. The van der Waals surface area contributed by atoms with Gasteiger partial charge in [0, 0.05) is 11.8 Å². The number of hydrogen-bond acceptors (Lipinski definition) is 4. The zero-order valence-electron chi connectivity index (χ0n) is 11.1. The van der Waals surface area contributed by atoms with Crippen molar-refractivity contribution in [3.8, 4) is 0 Å². The second-order valence-electron chi connectivity index (χ2n) is 3.87. The Labute approximate surface area is 121 Å². The van der Waals surface area contributed by atoms with Crippen LogP contribution >= 0.6 is 15.9 Å². The lowest BCUT2D eigenvalue weighted by molar-refractivity contribution is -0.140. The minimum atomic E-state index is -0.336. The average Bonchev–Trinajstić information content (AvgIpc) is 2.44. The number of halogens is 1. The molecule has 0 spiro atoms. The van der Waals surface area contributed by atoms with Gasteiger partial charge in [-0.25, -0.2) is 4.79 Å². The van der Waals surface area contributed by atoms with Crippen LogP contribution in [-0.2, 0) is 26.0 Å². The maximum absolute atomic E-state index is 11.8. The smallest absolute Gasteiger partial charge is 0.338 e. The third-order valence-corrected chi connectivity index (χ3v) is 3.29. The van der Waals surface area contributed by atoms with Crippen LogP contribution in [0.15, 0.2) is 18.2 Å². The molecule has 1 aromatic rings. The van der Waals surface area contributed by atoms with Crippen LogP contribution in [0.3, 0.4) is 0 Å². The number of methoxy groups -OCH3 is 1. The average molecular weight is 329 g/mol. The molecule has 0 aliphatic carbocycles. The summed E-state index contributed by atoms with van der Waals surface area (Å²) in [6.07, 6.45) is 0.837. The Hall–Kier alpha value is -1.36. The number of alkyl halides is 1. The summed E-state index contributed by atoms with van der Waals surface area (Å²) < 4.78 is 9.64. The highest BCUT2D eigenvalue weighted by molar-refractivity contribution is 9.08. The van der Waals surface area contributed by atoms with Crippen molar-refractivity contribution in [2.45, 2.75) is 25.1 Å². The Bertz CT molecular complexity index is 457. The van der Waals surface area contributed by atoms with Gasteiger partial charge in [-0.05, 0) is 30.5 Å². The molecule has 0 radical (unpaired) electrons. The van der Waals surface area contributed by atoms with Gasteiger partial charge in [-0.1, -0.05) is 28.1 Å². The van der Waals surface area contributed by atoms with E-state index in [0.717, 1.165) is 11.1 Å². The van der Waals surface area contributed by atoms with Crippen molar-refractivity contribution in [3.63, 3.8) is 0 Å². The number of benzene rings is 1. The third-order valence-electron chi connectivity index (χ3n) is 2.73. The number of ether oxygens (including phenoxy) is 2. The van der Waals surface area contributed by atoms with Crippen molar-refractivity contribution in [2.75, 3.05) is 13.7 Å². The van der Waals surface area contributed by atoms with E-state index in [9.17, 15) is 9.59 Å². The second-order valence-corrected chi connectivity index (χ2v) is 4.43. The van der Waals surface area contributed by atoms with Crippen molar-refractivity contribution in [1.82, 2.24) is 0 Å². The zero-order chi connectivity index (χ0) is 14.3. The molecule has 19 heavy (non-hydrogen) atoms. The molecule has 0 saturated carbocycles. The molecule has 0 saturated heterocycles. The lowest BCUT2D eigenvalue weighted by Gasteiger charge is -2.11. The molecule has 1 aromatic carbocycles. The van der Waals surface area contributed by atoms with Crippen molar-refractivity contribution < 1.29 is 19.1 Å². The maximum Gasteiger partial charge on any atom is 0.338 e. The molecule has 104 valence electrons. The second kappa shape index (κ2) is 7.94. The summed E-state index contributed by atoms with van der Waals surface area (Å²) in [6.45, 7) is 2.11. The highest BCUT2D eigenvalue weighted by atomic mass is 79.9. The fourth-order valence-corrected chi connectivity index (χ4v) is 2.43. The van der Waals surface area contributed by atoms with Gasteiger partial charge in [0.05, 0.1) is 19.3 Å². The van der Waals surface area contributed by atoms with E-state index in [-0.39, 0.29) is 11.9 Å². The van der Waals surface area contributed by atoms with E-state index in [0.29, 0.717) is 30.3 Å². The van der Waals surface area contributed by atoms with E-state index in [2.05, 4.69) is 20.7 Å². The summed E-state index contributed by atoms with van der Waals surface area (Å²) in [7, 11) is 1.36. The normalized spacial score (nSPS) is 10.1. The Kier molecular flexibility index (Phi) is 6.56. The molecule has 0 heterocycles. The summed E-state index contributed by atoms with van der Waals surface area (Å²) in [4.78, 5) is 23.0. The van der Waals surface area contributed by atoms with Crippen molar-refractivity contribution >= 4 is 27.9 Å². The number of aryl methyl sites for hydroxylation is 1. The monoisotopic (exact) mass is 328 g/mol. The number of carbonyl (C=O) groups excluding carboxylic acids is 2. The van der Waals surface area contributed by atoms with E-state index in [1.807, 2.05) is 6.07 Å². The van der Waals surface area contributed by atoms with Gasteiger partial charge in [-0.2, -0.15) is 0 Å². The van der Waals surface area contributed by atoms with Crippen LogP contribution in [0.25, 0.3) is 0 Å². The molecule has 5 heteroatoms. The number of hydrogen-bond donors (Lipinski definition) is 0. The summed E-state index contributed by atoms with van der Waals surface area (Å²) >= 11 is 3.38. The topological polar surface area (TPSA) is 52.6 Å². The summed E-state index contributed by atoms with van der Waals surface area (Å²) in [6, 6.07) is 5.43. The van der Waals surface area contributed by atoms with E-state index in [1.54, 1.807) is 19.1 Å². The van der Waals surface area contributed by atoms with Crippen LogP contribution in [0.4, 0.5) is 0 Å². The van der Waals surface area contributed by atoms with Gasteiger partial charge >= 0.3 is 11.9 Å². The Morgan fingerprint density at radius 1 is 1.32 bits per heavy atom. The lowest BCUT2D eigenvalue weighted by atomic mass is 9.99. The Morgan fingerprint density at radius 2 is 2.05 bits per heavy atom. The lowest BCUT2D eigenvalue weighted by Crippen LogP contribution is -2.10. The molecule has 0 aromatic heterocycles. The largest absolute Gasteiger partial charge is 0.469 e. The van der Waals surface area contributed by atoms with Gasteiger partial charge in [0.15, 0.2) is 0 Å². The van der Waals surface area contributed by atoms with Crippen molar-refractivity contribution in [3.05, 3.63) is 34.9 Å². The molecule has 4 nitrogen and oxygen atoms in total. The summed E-state index contributed by atoms with van der Waals surface area (Å²) in [5.74, 6) is -0.598. The molecule has 0 atom stereocenters. The van der Waals surface area contributed by atoms with Crippen LogP contribution < -0.4 is 0 Å². The van der Waals surface area contributed by atoms with E-state index < -0.39 is 0 Å². The first-order chi connectivity index (χ1) is 9.13. The molecule has 0 aliphatic heterocycles. The Morgan fingerprint density at radius 3 is 2.63 bits per heavy atom. The van der Waals surface area contributed by atoms with Crippen molar-refractivity contribution in [1.29, 1.82) is 0 Å². The minimum Gasteiger partial charge on any atom is -0.469 e. The molecule has 1 rings (SSSR count). The minimum absolute atomic E-state index is 0.262. The van der Waals surface area contributed by atoms with E-state index in [4.69, 9.17) is 4.74 Å². The molecule has 0 aliphatic rings. The molecule has 0 amide bonds. The SMILES string of the molecule is CCOC(=O)c1cccc(CCC(=O)OC)c1CBr. The predicted octanol–water partition coefficient (Wildman–Crippen LogP) is 2.86. The first kappa shape index (κ1) is 15.7. The molecule has 0 unspecified atom stereocenters. The highest BCUT2D eigenvalue weighted by Crippen LogP contribution is 2.20. The van der Waals surface area contributed by atoms with Gasteiger partial charge in [-0.3, -0.25) is 4.79 Å². The van der Waals surface area contributed by atoms with Gasteiger partial charge in [0.25, 0.3) is 0 Å². The first-order valence-corrected chi connectivity index (χ1v) is 7.16. The van der Waals surface area contributed by atoms with E-state index in [1.165, 1.54) is 7.11 Å². The van der Waals surface area contributed by atoms with Crippen LogP contribution in [0.1, 0.15) is 34.8 Å². The maximum atomic E-state index is 11.8. The van der Waals surface area contributed by atoms with Gasteiger partial charge < -0.3 is 9.47 Å². The first-order valence-electron chi connectivity index (χ1n) is 6.04.